The fourth-order valence-electron chi connectivity index (χ4n) is 3.51. The van der Waals surface area contributed by atoms with Gasteiger partial charge >= 0.3 is 0 Å². The Hall–Kier alpha value is -3.30. The van der Waals surface area contributed by atoms with Crippen LogP contribution in [0.4, 0.5) is 5.82 Å². The Labute approximate surface area is 203 Å². The predicted molar refractivity (Wildman–Crippen MR) is 129 cm³/mol. The zero-order valence-electron chi connectivity index (χ0n) is 17.3. The standard InChI is InChI=1S/C23H19BrClN5O3/c24-15-12-28-30-21(11-17(29-22(15)30)14-5-1-2-6-16(14)25)26-9-10-27-23(31)20-13-32-18-7-3-4-8-19(18)33-20/h1-8,11-12,20,26H,9-10,13H2,(H,27,31). The van der Waals surface area contributed by atoms with Gasteiger partial charge in [0.2, 0.25) is 6.10 Å². The number of hydrogen-bond acceptors (Lipinski definition) is 6. The van der Waals surface area contributed by atoms with Crippen molar-refractivity contribution in [2.75, 3.05) is 25.0 Å². The number of para-hydroxylation sites is 2. The van der Waals surface area contributed by atoms with Crippen molar-refractivity contribution in [2.45, 2.75) is 6.10 Å². The lowest BCUT2D eigenvalue weighted by Gasteiger charge is -2.25. The summed E-state index contributed by atoms with van der Waals surface area (Å²) >= 11 is 9.87. The van der Waals surface area contributed by atoms with Gasteiger partial charge in [0.25, 0.3) is 5.91 Å². The van der Waals surface area contributed by atoms with Crippen molar-refractivity contribution in [3.8, 4) is 22.8 Å². The van der Waals surface area contributed by atoms with Gasteiger partial charge in [-0.25, -0.2) is 4.98 Å². The summed E-state index contributed by atoms with van der Waals surface area (Å²) in [5, 5.41) is 11.2. The molecule has 0 fully saturated rings. The molecule has 1 aliphatic heterocycles. The second-order valence-electron chi connectivity index (χ2n) is 7.32. The average molecular weight is 529 g/mol. The van der Waals surface area contributed by atoms with Gasteiger partial charge < -0.3 is 20.1 Å². The number of nitrogens with one attached hydrogen (secondary N) is 2. The number of nitrogens with zero attached hydrogens (tertiary/aromatic N) is 3. The molecule has 1 aliphatic rings. The summed E-state index contributed by atoms with van der Waals surface area (Å²) in [5.41, 5.74) is 2.19. The molecule has 2 aromatic heterocycles. The van der Waals surface area contributed by atoms with E-state index in [1.165, 1.54) is 0 Å². The molecule has 0 bridgehead atoms. The molecule has 2 aromatic carbocycles. The van der Waals surface area contributed by atoms with E-state index in [4.69, 9.17) is 26.1 Å². The minimum atomic E-state index is -0.693. The van der Waals surface area contributed by atoms with Crippen LogP contribution in [-0.2, 0) is 4.79 Å². The van der Waals surface area contributed by atoms with Crippen molar-refractivity contribution in [1.82, 2.24) is 19.9 Å². The molecule has 0 spiro atoms. The largest absolute Gasteiger partial charge is 0.485 e. The third kappa shape index (κ3) is 4.46. The van der Waals surface area contributed by atoms with Crippen LogP contribution in [0.5, 0.6) is 11.5 Å². The van der Waals surface area contributed by atoms with Gasteiger partial charge in [-0.1, -0.05) is 41.9 Å². The molecule has 5 rings (SSSR count). The van der Waals surface area contributed by atoms with E-state index in [-0.39, 0.29) is 12.5 Å². The van der Waals surface area contributed by atoms with Crippen LogP contribution in [0.2, 0.25) is 5.02 Å². The first-order valence-corrected chi connectivity index (χ1v) is 11.5. The summed E-state index contributed by atoms with van der Waals surface area (Å²) < 4.78 is 13.8. The third-order valence-electron chi connectivity index (χ3n) is 5.11. The predicted octanol–water partition coefficient (Wildman–Crippen LogP) is 4.18. The quantitative estimate of drug-likeness (QED) is 0.365. The van der Waals surface area contributed by atoms with Crippen molar-refractivity contribution >= 4 is 44.9 Å². The van der Waals surface area contributed by atoms with Gasteiger partial charge in [0.15, 0.2) is 17.1 Å². The normalized spacial score (nSPS) is 14.8. The Morgan fingerprint density at radius 2 is 1.94 bits per heavy atom. The number of fused-ring (bicyclic) bond motifs is 2. The molecule has 1 unspecified atom stereocenters. The molecule has 10 heteroatoms. The Kier molecular flexibility index (Phi) is 6.06. The fourth-order valence-corrected chi connectivity index (χ4v) is 4.09. The number of carbonyl (C=O) groups excluding carboxylic acids is 1. The van der Waals surface area contributed by atoms with Gasteiger partial charge in [0.1, 0.15) is 12.4 Å². The maximum atomic E-state index is 12.5. The Bertz CT molecular complexity index is 1330. The number of benzene rings is 2. The molecule has 0 saturated carbocycles. The number of carbonyl (C=O) groups is 1. The summed E-state index contributed by atoms with van der Waals surface area (Å²) in [4.78, 5) is 17.2. The Morgan fingerprint density at radius 1 is 1.15 bits per heavy atom. The van der Waals surface area contributed by atoms with Gasteiger partial charge in [-0.05, 0) is 34.1 Å². The molecule has 0 saturated heterocycles. The molecule has 3 heterocycles. The number of halogens is 2. The minimum Gasteiger partial charge on any atom is -0.485 e. The van der Waals surface area contributed by atoms with E-state index in [0.717, 1.165) is 15.9 Å². The number of aromatic nitrogens is 3. The Morgan fingerprint density at radius 3 is 2.79 bits per heavy atom. The molecule has 0 aliphatic carbocycles. The average Bonchev–Trinajstić information content (AvgIpc) is 3.22. The van der Waals surface area contributed by atoms with Crippen molar-refractivity contribution in [3.05, 3.63) is 70.3 Å². The highest BCUT2D eigenvalue weighted by atomic mass is 79.9. The number of hydrogen-bond donors (Lipinski definition) is 2. The molecule has 1 amide bonds. The zero-order valence-corrected chi connectivity index (χ0v) is 19.6. The minimum absolute atomic E-state index is 0.170. The van der Waals surface area contributed by atoms with Crippen LogP contribution in [0.1, 0.15) is 0 Å². The fraction of sp³-hybridized carbons (Fsp3) is 0.174. The molecule has 8 nitrogen and oxygen atoms in total. The van der Waals surface area contributed by atoms with Crippen LogP contribution in [-0.4, -0.2) is 46.3 Å². The first-order chi connectivity index (χ1) is 16.1. The molecular formula is C23H19BrClN5O3. The van der Waals surface area contributed by atoms with Crippen molar-refractivity contribution in [3.63, 3.8) is 0 Å². The van der Waals surface area contributed by atoms with Gasteiger partial charge in [0, 0.05) is 29.7 Å². The second kappa shape index (κ2) is 9.29. The molecular weight excluding hydrogens is 510 g/mol. The highest BCUT2D eigenvalue weighted by molar-refractivity contribution is 9.10. The number of amides is 1. The highest BCUT2D eigenvalue weighted by Gasteiger charge is 2.26. The molecule has 2 N–H and O–H groups in total. The first kappa shape index (κ1) is 21.5. The molecule has 33 heavy (non-hydrogen) atoms. The first-order valence-electron chi connectivity index (χ1n) is 10.3. The van der Waals surface area contributed by atoms with E-state index in [0.29, 0.717) is 41.0 Å². The van der Waals surface area contributed by atoms with Gasteiger partial charge in [-0.15, -0.1) is 0 Å². The highest BCUT2D eigenvalue weighted by Crippen LogP contribution is 2.31. The second-order valence-corrected chi connectivity index (χ2v) is 8.58. The third-order valence-corrected chi connectivity index (χ3v) is 6.00. The maximum absolute atomic E-state index is 12.5. The lowest BCUT2D eigenvalue weighted by Crippen LogP contribution is -2.45. The van der Waals surface area contributed by atoms with Gasteiger partial charge in [0.05, 0.1) is 16.4 Å². The van der Waals surface area contributed by atoms with Gasteiger partial charge in [-0.2, -0.15) is 9.61 Å². The lowest BCUT2D eigenvalue weighted by atomic mass is 10.1. The van der Waals surface area contributed by atoms with Crippen LogP contribution < -0.4 is 20.1 Å². The molecule has 0 radical (unpaired) electrons. The van der Waals surface area contributed by atoms with E-state index in [1.54, 1.807) is 16.8 Å². The van der Waals surface area contributed by atoms with Crippen molar-refractivity contribution in [1.29, 1.82) is 0 Å². The van der Waals surface area contributed by atoms with Crippen molar-refractivity contribution in [2.24, 2.45) is 0 Å². The maximum Gasteiger partial charge on any atom is 0.264 e. The summed E-state index contributed by atoms with van der Waals surface area (Å²) in [6, 6.07) is 16.7. The van der Waals surface area contributed by atoms with E-state index >= 15 is 0 Å². The summed E-state index contributed by atoms with van der Waals surface area (Å²) in [5.74, 6) is 1.70. The van der Waals surface area contributed by atoms with Crippen LogP contribution in [0.15, 0.2) is 65.3 Å². The van der Waals surface area contributed by atoms with Crippen LogP contribution in [0, 0.1) is 0 Å². The van der Waals surface area contributed by atoms with E-state index in [2.05, 4.69) is 31.7 Å². The smallest absolute Gasteiger partial charge is 0.264 e. The van der Waals surface area contributed by atoms with E-state index in [1.807, 2.05) is 48.5 Å². The summed E-state index contributed by atoms with van der Waals surface area (Å²) in [6.07, 6.45) is 0.991. The van der Waals surface area contributed by atoms with Crippen LogP contribution >= 0.6 is 27.5 Å². The Balaban J connectivity index is 1.25. The van der Waals surface area contributed by atoms with Crippen molar-refractivity contribution < 1.29 is 14.3 Å². The summed E-state index contributed by atoms with van der Waals surface area (Å²) in [7, 11) is 0. The topological polar surface area (TPSA) is 89.8 Å². The number of anilines is 1. The van der Waals surface area contributed by atoms with Crippen LogP contribution in [0.3, 0.4) is 0 Å². The molecule has 168 valence electrons. The monoisotopic (exact) mass is 527 g/mol. The summed E-state index contributed by atoms with van der Waals surface area (Å²) in [6.45, 7) is 1.02. The molecule has 1 atom stereocenters. The SMILES string of the molecule is O=C(NCCNc1cc(-c2ccccc2Cl)nc2c(Br)cnn12)C1COc2ccccc2O1. The van der Waals surface area contributed by atoms with Crippen LogP contribution in [0.25, 0.3) is 16.9 Å². The van der Waals surface area contributed by atoms with E-state index in [9.17, 15) is 4.79 Å². The number of ether oxygens (including phenoxy) is 2. The van der Waals surface area contributed by atoms with E-state index < -0.39 is 6.10 Å². The number of rotatable bonds is 6. The van der Waals surface area contributed by atoms with Gasteiger partial charge in [-0.3, -0.25) is 4.79 Å². The molecule has 4 aromatic rings. The zero-order chi connectivity index (χ0) is 22.8. The lowest BCUT2D eigenvalue weighted by molar-refractivity contribution is -0.130.